The summed E-state index contributed by atoms with van der Waals surface area (Å²) in [5, 5.41) is 0. The van der Waals surface area contributed by atoms with Crippen LogP contribution >= 0.6 is 0 Å². The molecule has 0 amide bonds. The smallest absolute Gasteiger partial charge is 0.450 e. The highest BCUT2D eigenvalue weighted by molar-refractivity contribution is 5.97. The van der Waals surface area contributed by atoms with Crippen molar-refractivity contribution in [2.24, 2.45) is 0 Å². The summed E-state index contributed by atoms with van der Waals surface area (Å²) in [4.78, 5) is 18.4. The molecule has 190 valence electrons. The second kappa shape index (κ2) is 9.71. The zero-order valence-electron chi connectivity index (χ0n) is 20.0. The van der Waals surface area contributed by atoms with Gasteiger partial charge in [0.15, 0.2) is 5.78 Å². The van der Waals surface area contributed by atoms with E-state index in [4.69, 9.17) is 9.47 Å². The number of hydrogen-bond donors (Lipinski definition) is 0. The Morgan fingerprint density at radius 1 is 1.22 bits per heavy atom. The second-order valence-corrected chi connectivity index (χ2v) is 9.54. The Labute approximate surface area is 207 Å². The number of ether oxygens (including phenoxy) is 2. The molecule has 2 aliphatic rings. The van der Waals surface area contributed by atoms with Crippen LogP contribution in [0.15, 0.2) is 60.9 Å². The Morgan fingerprint density at radius 3 is 2.78 bits per heavy atom. The Bertz CT molecular complexity index is 1230. The van der Waals surface area contributed by atoms with Crippen molar-refractivity contribution in [3.8, 4) is 11.4 Å². The Hall–Kier alpha value is -3.17. The summed E-state index contributed by atoms with van der Waals surface area (Å²) < 4.78 is 53.3. The third-order valence-electron chi connectivity index (χ3n) is 7.12. The summed E-state index contributed by atoms with van der Waals surface area (Å²) in [6.45, 7) is 2.24. The normalized spacial score (nSPS) is 22.7. The van der Waals surface area contributed by atoms with Gasteiger partial charge in [0.05, 0.1) is 25.9 Å². The van der Waals surface area contributed by atoms with Crippen LogP contribution in [0.3, 0.4) is 0 Å². The van der Waals surface area contributed by atoms with Crippen LogP contribution in [0.4, 0.5) is 13.2 Å². The number of methoxy groups -OCH3 is 1. The molecule has 3 heterocycles. The van der Waals surface area contributed by atoms with E-state index in [1.54, 1.807) is 25.3 Å². The molecule has 5 rings (SSSR count). The predicted molar refractivity (Wildman–Crippen MR) is 128 cm³/mol. The van der Waals surface area contributed by atoms with Crippen molar-refractivity contribution in [3.05, 3.63) is 77.9 Å². The molecule has 0 N–H and O–H groups in total. The number of Topliss-reactive ketones (excluding diaryl/α,β-unsaturated/α-hetero) is 1. The predicted octanol–water partition coefficient (Wildman–Crippen LogP) is 5.12. The van der Waals surface area contributed by atoms with E-state index >= 15 is 0 Å². The van der Waals surface area contributed by atoms with Gasteiger partial charge in [0.2, 0.25) is 5.82 Å². The van der Waals surface area contributed by atoms with Gasteiger partial charge >= 0.3 is 6.18 Å². The number of carbonyl (C=O) groups is 1. The number of nitrogens with zero attached hydrogens (tertiary/aromatic N) is 3. The van der Waals surface area contributed by atoms with Crippen molar-refractivity contribution in [2.45, 2.75) is 37.0 Å². The molecule has 1 spiro atoms. The second-order valence-electron chi connectivity index (χ2n) is 9.54. The van der Waals surface area contributed by atoms with E-state index in [1.165, 1.54) is 6.20 Å². The zero-order chi connectivity index (χ0) is 25.3. The number of alkyl halides is 3. The Kier molecular flexibility index (Phi) is 6.61. The van der Waals surface area contributed by atoms with Gasteiger partial charge in [-0.2, -0.15) is 13.2 Å². The average Bonchev–Trinajstić information content (AvgIpc) is 3.52. The first-order valence-corrected chi connectivity index (χ1v) is 12.0. The Balaban J connectivity index is 1.35. The fourth-order valence-electron chi connectivity index (χ4n) is 5.48. The van der Waals surface area contributed by atoms with Crippen LogP contribution in [-0.2, 0) is 10.9 Å². The minimum Gasteiger partial charge on any atom is -0.496 e. The van der Waals surface area contributed by atoms with Crippen molar-refractivity contribution < 1.29 is 27.4 Å². The molecule has 6 nitrogen and oxygen atoms in total. The summed E-state index contributed by atoms with van der Waals surface area (Å²) in [5.41, 5.74) is 1.48. The van der Waals surface area contributed by atoms with Crippen molar-refractivity contribution in [1.29, 1.82) is 0 Å². The van der Waals surface area contributed by atoms with Gasteiger partial charge in [-0.3, -0.25) is 14.3 Å². The van der Waals surface area contributed by atoms with E-state index in [0.717, 1.165) is 35.7 Å². The number of hydrogen-bond acceptors (Lipinski definition) is 5. The fraction of sp³-hybridized carbons (Fsp3) is 0.407. The summed E-state index contributed by atoms with van der Waals surface area (Å²) in [7, 11) is 1.56. The summed E-state index contributed by atoms with van der Waals surface area (Å²) in [6.07, 6.45) is 0.389. The molecule has 2 saturated heterocycles. The van der Waals surface area contributed by atoms with Crippen molar-refractivity contribution in [1.82, 2.24) is 14.5 Å². The van der Waals surface area contributed by atoms with Crippen molar-refractivity contribution in [3.63, 3.8) is 0 Å². The number of likely N-dealkylation sites (tertiary alicyclic amines) is 1. The fourth-order valence-corrected chi connectivity index (χ4v) is 5.48. The SMILES string of the molecule is COc1ccc(-n2ccnc2C(F)(F)F)cc1C1COC2(CCCN(CC(=O)c3ccccc3)C2)C1. The van der Waals surface area contributed by atoms with Gasteiger partial charge in [0.25, 0.3) is 0 Å². The molecular weight excluding hydrogens is 471 g/mol. The molecule has 0 aliphatic carbocycles. The third-order valence-corrected chi connectivity index (χ3v) is 7.12. The maximum Gasteiger partial charge on any atom is 0.450 e. The highest BCUT2D eigenvalue weighted by Gasteiger charge is 2.45. The van der Waals surface area contributed by atoms with Crippen LogP contribution < -0.4 is 4.74 Å². The molecule has 36 heavy (non-hydrogen) atoms. The van der Waals surface area contributed by atoms with Gasteiger partial charge in [0, 0.05) is 41.7 Å². The van der Waals surface area contributed by atoms with Crippen LogP contribution in [0, 0.1) is 0 Å². The van der Waals surface area contributed by atoms with Gasteiger partial charge in [0.1, 0.15) is 5.75 Å². The van der Waals surface area contributed by atoms with E-state index in [1.807, 2.05) is 30.3 Å². The molecule has 3 aromatic rings. The van der Waals surface area contributed by atoms with E-state index in [9.17, 15) is 18.0 Å². The number of benzene rings is 2. The maximum absolute atomic E-state index is 13.4. The lowest BCUT2D eigenvalue weighted by molar-refractivity contribution is -0.145. The third kappa shape index (κ3) is 4.90. The zero-order valence-corrected chi connectivity index (χ0v) is 20.0. The van der Waals surface area contributed by atoms with Gasteiger partial charge in [-0.15, -0.1) is 0 Å². The summed E-state index contributed by atoms with van der Waals surface area (Å²) in [6, 6.07) is 14.3. The topological polar surface area (TPSA) is 56.6 Å². The van der Waals surface area contributed by atoms with E-state index < -0.39 is 17.6 Å². The van der Waals surface area contributed by atoms with Gasteiger partial charge in [-0.05, 0) is 44.0 Å². The number of piperidine rings is 1. The largest absolute Gasteiger partial charge is 0.496 e. The minimum atomic E-state index is -4.56. The number of rotatable bonds is 6. The van der Waals surface area contributed by atoms with E-state index in [2.05, 4.69) is 9.88 Å². The molecule has 2 aliphatic heterocycles. The van der Waals surface area contributed by atoms with Gasteiger partial charge in [-0.25, -0.2) is 4.98 Å². The first-order valence-electron chi connectivity index (χ1n) is 12.0. The van der Waals surface area contributed by atoms with Crippen molar-refractivity contribution in [2.75, 3.05) is 33.4 Å². The molecule has 1 aromatic heterocycles. The molecular formula is C27H28F3N3O3. The summed E-state index contributed by atoms with van der Waals surface area (Å²) >= 11 is 0. The highest BCUT2D eigenvalue weighted by atomic mass is 19.4. The van der Waals surface area contributed by atoms with E-state index in [-0.39, 0.29) is 11.7 Å². The molecule has 9 heteroatoms. The lowest BCUT2D eigenvalue weighted by atomic mass is 9.83. The van der Waals surface area contributed by atoms with Crippen molar-refractivity contribution >= 4 is 5.78 Å². The molecule has 2 aromatic carbocycles. The van der Waals surface area contributed by atoms with Crippen LogP contribution in [-0.4, -0.2) is 59.2 Å². The quantitative estimate of drug-likeness (QED) is 0.441. The number of carbonyl (C=O) groups excluding carboxylic acids is 1. The molecule has 0 radical (unpaired) electrons. The maximum atomic E-state index is 13.4. The van der Waals surface area contributed by atoms with Gasteiger partial charge in [-0.1, -0.05) is 30.3 Å². The molecule has 2 fully saturated rings. The first kappa shape index (κ1) is 24.5. The Morgan fingerprint density at radius 2 is 2.03 bits per heavy atom. The lowest BCUT2D eigenvalue weighted by Crippen LogP contribution is -2.49. The highest BCUT2D eigenvalue weighted by Crippen LogP contribution is 2.44. The number of ketones is 1. The molecule has 2 unspecified atom stereocenters. The number of aromatic nitrogens is 2. The molecule has 0 saturated carbocycles. The summed E-state index contributed by atoms with van der Waals surface area (Å²) in [5.74, 6) is -0.311. The average molecular weight is 500 g/mol. The minimum absolute atomic E-state index is 0.0393. The molecule has 2 atom stereocenters. The number of imidazole rings is 1. The number of halogens is 3. The van der Waals surface area contributed by atoms with Crippen LogP contribution in [0.25, 0.3) is 5.69 Å². The van der Waals surface area contributed by atoms with Crippen LogP contribution in [0.5, 0.6) is 5.75 Å². The first-order chi connectivity index (χ1) is 17.3. The van der Waals surface area contributed by atoms with Crippen LogP contribution in [0.2, 0.25) is 0 Å². The molecule has 0 bridgehead atoms. The monoisotopic (exact) mass is 499 g/mol. The standard InChI is InChI=1S/C27H28F3N3O3/c1-35-24-9-8-21(33-13-11-31-25(33)27(28,29)30)14-22(24)20-15-26(36-17-20)10-5-12-32(18-26)16-23(34)19-6-3-2-4-7-19/h2-4,6-9,11,13-14,20H,5,10,12,15-18H2,1H3. The van der Waals surface area contributed by atoms with Crippen LogP contribution in [0.1, 0.15) is 46.9 Å². The van der Waals surface area contributed by atoms with Gasteiger partial charge < -0.3 is 9.47 Å². The lowest BCUT2D eigenvalue weighted by Gasteiger charge is -2.39. The van der Waals surface area contributed by atoms with E-state index in [0.29, 0.717) is 43.1 Å².